The van der Waals surface area contributed by atoms with Crippen LogP contribution in [0.3, 0.4) is 0 Å². The first-order chi connectivity index (χ1) is 9.08. The van der Waals surface area contributed by atoms with Crippen molar-refractivity contribution in [2.45, 2.75) is 44.2 Å². The van der Waals surface area contributed by atoms with Crippen molar-refractivity contribution in [3.63, 3.8) is 0 Å². The predicted octanol–water partition coefficient (Wildman–Crippen LogP) is 2.35. The summed E-state index contributed by atoms with van der Waals surface area (Å²) in [5.41, 5.74) is 5.72. The molecule has 1 aromatic carbocycles. The molecule has 1 fully saturated rings. The Morgan fingerprint density at radius 3 is 2.74 bits per heavy atom. The first kappa shape index (κ1) is 13.9. The summed E-state index contributed by atoms with van der Waals surface area (Å²) in [4.78, 5) is 12.0. The molecule has 3 N–H and O–H groups in total. The molecular weight excluding hydrogens is 250 g/mol. The SMILES string of the molecule is NC1CCCCCC1NC(=O)c1cc(F)ccc1F. The number of hydrogen-bond acceptors (Lipinski definition) is 2. The van der Waals surface area contributed by atoms with Gasteiger partial charge in [0.2, 0.25) is 0 Å². The van der Waals surface area contributed by atoms with Gasteiger partial charge in [0.25, 0.3) is 5.91 Å². The van der Waals surface area contributed by atoms with E-state index in [1.54, 1.807) is 0 Å². The molecule has 5 heteroatoms. The highest BCUT2D eigenvalue weighted by Crippen LogP contribution is 2.18. The number of nitrogens with one attached hydrogen (secondary N) is 1. The Morgan fingerprint density at radius 2 is 1.95 bits per heavy atom. The normalized spacial score (nSPS) is 23.7. The van der Waals surface area contributed by atoms with E-state index in [1.807, 2.05) is 0 Å². The highest BCUT2D eigenvalue weighted by molar-refractivity contribution is 5.94. The Balaban J connectivity index is 2.09. The van der Waals surface area contributed by atoms with Crippen molar-refractivity contribution in [3.8, 4) is 0 Å². The summed E-state index contributed by atoms with van der Waals surface area (Å²) in [6, 6.07) is 2.56. The highest BCUT2D eigenvalue weighted by Gasteiger charge is 2.23. The second-order valence-electron chi connectivity index (χ2n) is 5.01. The van der Waals surface area contributed by atoms with Gasteiger partial charge in [0, 0.05) is 12.1 Å². The van der Waals surface area contributed by atoms with Crippen molar-refractivity contribution in [2.75, 3.05) is 0 Å². The van der Waals surface area contributed by atoms with E-state index in [1.165, 1.54) is 0 Å². The van der Waals surface area contributed by atoms with Crippen LogP contribution in [0.25, 0.3) is 0 Å². The molecule has 1 saturated carbocycles. The third kappa shape index (κ3) is 3.50. The van der Waals surface area contributed by atoms with Crippen LogP contribution in [-0.2, 0) is 0 Å². The number of carbonyl (C=O) groups is 1. The Bertz CT molecular complexity index is 465. The molecule has 19 heavy (non-hydrogen) atoms. The minimum absolute atomic E-state index is 0.122. The van der Waals surface area contributed by atoms with E-state index >= 15 is 0 Å². The molecule has 0 aromatic heterocycles. The van der Waals surface area contributed by atoms with Crippen molar-refractivity contribution in [1.82, 2.24) is 5.32 Å². The molecule has 2 unspecified atom stereocenters. The predicted molar refractivity (Wildman–Crippen MR) is 68.7 cm³/mol. The average Bonchev–Trinajstić information content (AvgIpc) is 2.58. The van der Waals surface area contributed by atoms with Gasteiger partial charge in [0.05, 0.1) is 5.56 Å². The molecule has 0 radical (unpaired) electrons. The summed E-state index contributed by atoms with van der Waals surface area (Å²) in [5, 5.41) is 2.72. The highest BCUT2D eigenvalue weighted by atomic mass is 19.1. The molecule has 2 atom stereocenters. The third-order valence-electron chi connectivity index (χ3n) is 3.56. The van der Waals surface area contributed by atoms with Crippen LogP contribution in [0, 0.1) is 11.6 Å². The fourth-order valence-corrected chi connectivity index (χ4v) is 2.43. The molecule has 0 saturated heterocycles. The Morgan fingerprint density at radius 1 is 1.21 bits per heavy atom. The van der Waals surface area contributed by atoms with Gasteiger partial charge in [-0.05, 0) is 31.0 Å². The number of amides is 1. The number of benzene rings is 1. The zero-order valence-electron chi connectivity index (χ0n) is 10.7. The maximum absolute atomic E-state index is 13.5. The smallest absolute Gasteiger partial charge is 0.254 e. The molecule has 0 bridgehead atoms. The van der Waals surface area contributed by atoms with Gasteiger partial charge in [0.1, 0.15) is 11.6 Å². The zero-order valence-corrected chi connectivity index (χ0v) is 10.7. The van der Waals surface area contributed by atoms with Crippen molar-refractivity contribution < 1.29 is 13.6 Å². The molecule has 1 amide bonds. The molecule has 0 heterocycles. The second-order valence-corrected chi connectivity index (χ2v) is 5.01. The van der Waals surface area contributed by atoms with Crippen LogP contribution < -0.4 is 11.1 Å². The van der Waals surface area contributed by atoms with E-state index in [-0.39, 0.29) is 17.6 Å². The lowest BCUT2D eigenvalue weighted by Crippen LogP contribution is -2.47. The summed E-state index contributed by atoms with van der Waals surface area (Å²) in [5.74, 6) is -1.95. The van der Waals surface area contributed by atoms with Crippen molar-refractivity contribution in [2.24, 2.45) is 5.73 Å². The third-order valence-corrected chi connectivity index (χ3v) is 3.56. The van der Waals surface area contributed by atoms with Gasteiger partial charge in [-0.3, -0.25) is 4.79 Å². The summed E-state index contributed by atoms with van der Waals surface area (Å²) < 4.78 is 26.5. The molecule has 2 rings (SSSR count). The maximum atomic E-state index is 13.5. The monoisotopic (exact) mass is 268 g/mol. The van der Waals surface area contributed by atoms with Crippen LogP contribution in [0.4, 0.5) is 8.78 Å². The van der Waals surface area contributed by atoms with Crippen LogP contribution in [-0.4, -0.2) is 18.0 Å². The number of carbonyl (C=O) groups excluding carboxylic acids is 1. The zero-order chi connectivity index (χ0) is 13.8. The topological polar surface area (TPSA) is 55.1 Å². The van der Waals surface area contributed by atoms with E-state index in [0.717, 1.165) is 50.3 Å². The number of rotatable bonds is 2. The quantitative estimate of drug-likeness (QED) is 0.809. The molecule has 0 spiro atoms. The van der Waals surface area contributed by atoms with Crippen LogP contribution in [0.15, 0.2) is 18.2 Å². The summed E-state index contributed by atoms with van der Waals surface area (Å²) in [6.07, 6.45) is 4.75. The van der Waals surface area contributed by atoms with Crippen LogP contribution in [0.5, 0.6) is 0 Å². The lowest BCUT2D eigenvalue weighted by atomic mass is 10.0. The summed E-state index contributed by atoms with van der Waals surface area (Å²) in [6.45, 7) is 0. The lowest BCUT2D eigenvalue weighted by molar-refractivity contribution is 0.0924. The molecule has 1 aliphatic carbocycles. The Labute approximate surface area is 111 Å². The van der Waals surface area contributed by atoms with Crippen LogP contribution in [0.2, 0.25) is 0 Å². The summed E-state index contributed by atoms with van der Waals surface area (Å²) >= 11 is 0. The minimum Gasteiger partial charge on any atom is -0.348 e. The maximum Gasteiger partial charge on any atom is 0.254 e. The van der Waals surface area contributed by atoms with Gasteiger partial charge >= 0.3 is 0 Å². The average molecular weight is 268 g/mol. The van der Waals surface area contributed by atoms with E-state index in [0.29, 0.717) is 0 Å². The van der Waals surface area contributed by atoms with Gasteiger partial charge in [-0.25, -0.2) is 8.78 Å². The van der Waals surface area contributed by atoms with E-state index in [4.69, 9.17) is 5.73 Å². The lowest BCUT2D eigenvalue weighted by Gasteiger charge is -2.22. The van der Waals surface area contributed by atoms with Crippen LogP contribution in [0.1, 0.15) is 42.5 Å². The standard InChI is InChI=1S/C14H18F2N2O/c15-9-6-7-11(16)10(8-9)14(19)18-13-5-3-1-2-4-12(13)17/h6-8,12-13H,1-5,17H2,(H,18,19). The fraction of sp³-hybridized carbons (Fsp3) is 0.500. The molecule has 1 aliphatic rings. The van der Waals surface area contributed by atoms with Gasteiger partial charge in [-0.2, -0.15) is 0 Å². The van der Waals surface area contributed by atoms with E-state index < -0.39 is 17.5 Å². The fourth-order valence-electron chi connectivity index (χ4n) is 2.43. The number of halogens is 2. The first-order valence-corrected chi connectivity index (χ1v) is 6.59. The van der Waals surface area contributed by atoms with E-state index in [9.17, 15) is 13.6 Å². The molecule has 3 nitrogen and oxygen atoms in total. The second kappa shape index (κ2) is 6.10. The van der Waals surface area contributed by atoms with Gasteiger partial charge < -0.3 is 11.1 Å². The number of hydrogen-bond donors (Lipinski definition) is 2. The minimum atomic E-state index is -0.721. The van der Waals surface area contributed by atoms with Crippen molar-refractivity contribution in [1.29, 1.82) is 0 Å². The number of nitrogens with two attached hydrogens (primary N) is 1. The summed E-state index contributed by atoms with van der Waals surface area (Å²) in [7, 11) is 0. The first-order valence-electron chi connectivity index (χ1n) is 6.59. The van der Waals surface area contributed by atoms with Gasteiger partial charge in [-0.1, -0.05) is 19.3 Å². The van der Waals surface area contributed by atoms with Gasteiger partial charge in [-0.15, -0.1) is 0 Å². The molecule has 1 aromatic rings. The Kier molecular flexibility index (Phi) is 4.47. The molecular formula is C14H18F2N2O. The van der Waals surface area contributed by atoms with Crippen molar-refractivity contribution in [3.05, 3.63) is 35.4 Å². The van der Waals surface area contributed by atoms with Crippen LogP contribution >= 0.6 is 0 Å². The molecule has 104 valence electrons. The van der Waals surface area contributed by atoms with E-state index in [2.05, 4.69) is 5.32 Å². The van der Waals surface area contributed by atoms with Crippen molar-refractivity contribution >= 4 is 5.91 Å². The molecule has 0 aliphatic heterocycles. The van der Waals surface area contributed by atoms with Gasteiger partial charge in [0.15, 0.2) is 0 Å². The Hall–Kier alpha value is -1.49. The largest absolute Gasteiger partial charge is 0.348 e.